The zero-order valence-electron chi connectivity index (χ0n) is 10.5. The Labute approximate surface area is 109 Å². The Balaban J connectivity index is 2.08. The van der Waals surface area contributed by atoms with E-state index in [-0.39, 0.29) is 23.6 Å². The smallest absolute Gasteiger partial charge is 0.231 e. The van der Waals surface area contributed by atoms with E-state index in [2.05, 4.69) is 0 Å². The normalized spacial score (nSPS) is 16.3. The number of carbonyl (C=O) groups is 1. The maximum atomic E-state index is 12.0. The molecule has 18 heavy (non-hydrogen) atoms. The Morgan fingerprint density at radius 3 is 2.83 bits per heavy atom. The zero-order valence-corrected chi connectivity index (χ0v) is 11.3. The molecule has 98 valence electrons. The fourth-order valence-electron chi connectivity index (χ4n) is 1.61. The average Bonchev–Trinajstić information content (AvgIpc) is 2.84. The third kappa shape index (κ3) is 2.72. The molecule has 1 aliphatic heterocycles. The first-order valence-corrected chi connectivity index (χ1v) is 7.30. The lowest BCUT2D eigenvalue weighted by atomic mass is 10.1. The van der Waals surface area contributed by atoms with Gasteiger partial charge in [0.25, 0.3) is 0 Å². The standard InChI is InChI=1S/C13H16O4S/c1-3-9(2)18(15)7-11(14)10-4-5-12-13(6-10)17-8-16-12/h4-6,9H,3,7-8H2,1-2H3. The van der Waals surface area contributed by atoms with Crippen LogP contribution in [0.2, 0.25) is 0 Å². The number of benzene rings is 1. The van der Waals surface area contributed by atoms with Crippen LogP contribution in [0.1, 0.15) is 30.6 Å². The summed E-state index contributed by atoms with van der Waals surface area (Å²) in [5.74, 6) is 1.17. The maximum absolute atomic E-state index is 12.0. The van der Waals surface area contributed by atoms with Crippen molar-refractivity contribution in [2.45, 2.75) is 25.5 Å². The van der Waals surface area contributed by atoms with Crippen molar-refractivity contribution in [2.75, 3.05) is 12.5 Å². The highest BCUT2D eigenvalue weighted by Crippen LogP contribution is 2.32. The predicted octanol–water partition coefficient (Wildman–Crippen LogP) is 2.15. The molecule has 0 spiro atoms. The van der Waals surface area contributed by atoms with Crippen LogP contribution in [0.15, 0.2) is 18.2 Å². The lowest BCUT2D eigenvalue weighted by Crippen LogP contribution is -2.19. The van der Waals surface area contributed by atoms with Crippen LogP contribution >= 0.6 is 0 Å². The number of rotatable bonds is 5. The van der Waals surface area contributed by atoms with Gasteiger partial charge in [-0.1, -0.05) is 13.8 Å². The second-order valence-corrected chi connectivity index (χ2v) is 6.09. The predicted molar refractivity (Wildman–Crippen MR) is 69.7 cm³/mol. The first kappa shape index (κ1) is 13.1. The molecule has 0 N–H and O–H groups in total. The number of carbonyl (C=O) groups excluding carboxylic acids is 1. The Kier molecular flexibility index (Phi) is 4.01. The minimum Gasteiger partial charge on any atom is -0.454 e. The van der Waals surface area contributed by atoms with Crippen LogP contribution in [-0.4, -0.2) is 27.8 Å². The number of ether oxygens (including phenoxy) is 2. The van der Waals surface area contributed by atoms with Gasteiger partial charge in [0.2, 0.25) is 6.79 Å². The van der Waals surface area contributed by atoms with Crippen LogP contribution in [-0.2, 0) is 10.8 Å². The van der Waals surface area contributed by atoms with Crippen molar-refractivity contribution >= 4 is 16.6 Å². The van der Waals surface area contributed by atoms with Gasteiger partial charge >= 0.3 is 0 Å². The topological polar surface area (TPSA) is 52.6 Å². The van der Waals surface area contributed by atoms with Crippen molar-refractivity contribution in [1.29, 1.82) is 0 Å². The molecule has 1 heterocycles. The summed E-state index contributed by atoms with van der Waals surface area (Å²) in [7, 11) is -1.12. The summed E-state index contributed by atoms with van der Waals surface area (Å²) in [6.45, 7) is 4.04. The van der Waals surface area contributed by atoms with Crippen molar-refractivity contribution in [2.24, 2.45) is 0 Å². The number of Topliss-reactive ketones (excluding diaryl/α,β-unsaturated/α-hetero) is 1. The minimum atomic E-state index is -1.12. The second-order valence-electron chi connectivity index (χ2n) is 4.24. The van der Waals surface area contributed by atoms with Crippen LogP contribution in [0.4, 0.5) is 0 Å². The quantitative estimate of drug-likeness (QED) is 0.768. The molecule has 5 heteroatoms. The summed E-state index contributed by atoms with van der Waals surface area (Å²) in [6.07, 6.45) is 0.807. The van der Waals surface area contributed by atoms with Crippen molar-refractivity contribution in [1.82, 2.24) is 0 Å². The molecule has 0 saturated heterocycles. The van der Waals surface area contributed by atoms with E-state index in [0.29, 0.717) is 17.1 Å². The Morgan fingerprint density at radius 2 is 2.11 bits per heavy atom. The summed E-state index contributed by atoms with van der Waals surface area (Å²) in [6, 6.07) is 5.05. The number of hydrogen-bond donors (Lipinski definition) is 0. The van der Waals surface area contributed by atoms with Gasteiger partial charge in [-0.05, 0) is 24.6 Å². The summed E-state index contributed by atoms with van der Waals surface area (Å²) in [5, 5.41) is 0.0444. The first-order valence-electron chi connectivity index (χ1n) is 5.92. The zero-order chi connectivity index (χ0) is 13.1. The van der Waals surface area contributed by atoms with Gasteiger partial charge in [0, 0.05) is 21.6 Å². The van der Waals surface area contributed by atoms with Gasteiger partial charge in [0.05, 0.1) is 5.75 Å². The highest BCUT2D eigenvalue weighted by Gasteiger charge is 2.19. The van der Waals surface area contributed by atoms with Crippen LogP contribution in [0.25, 0.3) is 0 Å². The number of fused-ring (bicyclic) bond motifs is 1. The molecule has 0 amide bonds. The molecule has 1 aromatic rings. The van der Waals surface area contributed by atoms with Gasteiger partial charge in [0.15, 0.2) is 17.3 Å². The van der Waals surface area contributed by atoms with Crippen molar-refractivity contribution in [3.05, 3.63) is 23.8 Å². The van der Waals surface area contributed by atoms with Crippen LogP contribution in [0.3, 0.4) is 0 Å². The highest BCUT2D eigenvalue weighted by atomic mass is 32.2. The van der Waals surface area contributed by atoms with Crippen LogP contribution < -0.4 is 9.47 Å². The SMILES string of the molecule is CCC(C)S(=O)CC(=O)c1ccc2c(c1)OCO2. The molecule has 0 aliphatic carbocycles. The Hall–Kier alpha value is -1.36. The lowest BCUT2D eigenvalue weighted by molar-refractivity contribution is 0.102. The van der Waals surface area contributed by atoms with E-state index in [9.17, 15) is 9.00 Å². The third-order valence-electron chi connectivity index (χ3n) is 2.99. The summed E-state index contributed by atoms with van der Waals surface area (Å²) >= 11 is 0. The first-order chi connectivity index (χ1) is 8.61. The third-order valence-corrected chi connectivity index (χ3v) is 4.77. The molecule has 0 bridgehead atoms. The van der Waals surface area contributed by atoms with E-state index in [0.717, 1.165) is 6.42 Å². The Bertz CT molecular complexity index is 484. The molecule has 0 radical (unpaired) electrons. The van der Waals surface area contributed by atoms with Gasteiger partial charge in [-0.2, -0.15) is 0 Å². The molecule has 2 unspecified atom stereocenters. The molecule has 2 atom stereocenters. The van der Waals surface area contributed by atoms with Crippen LogP contribution in [0, 0.1) is 0 Å². The fraction of sp³-hybridized carbons (Fsp3) is 0.462. The minimum absolute atomic E-state index is 0.0444. The molecule has 1 aliphatic rings. The summed E-state index contributed by atoms with van der Waals surface area (Å²) < 4.78 is 22.2. The van der Waals surface area contributed by atoms with Crippen LogP contribution in [0.5, 0.6) is 11.5 Å². The molecular weight excluding hydrogens is 252 g/mol. The molecule has 2 rings (SSSR count). The molecule has 0 fully saturated rings. The fourth-order valence-corrected chi connectivity index (χ4v) is 2.69. The Morgan fingerprint density at radius 1 is 1.39 bits per heavy atom. The summed E-state index contributed by atoms with van der Waals surface area (Å²) in [4.78, 5) is 12.0. The largest absolute Gasteiger partial charge is 0.454 e. The maximum Gasteiger partial charge on any atom is 0.231 e. The summed E-state index contributed by atoms with van der Waals surface area (Å²) in [5.41, 5.74) is 0.524. The van der Waals surface area contributed by atoms with Gasteiger partial charge in [-0.25, -0.2) is 0 Å². The van der Waals surface area contributed by atoms with Gasteiger partial charge in [-0.15, -0.1) is 0 Å². The number of ketones is 1. The van der Waals surface area contributed by atoms with E-state index in [4.69, 9.17) is 9.47 Å². The van der Waals surface area contributed by atoms with E-state index < -0.39 is 10.8 Å². The highest BCUT2D eigenvalue weighted by molar-refractivity contribution is 7.86. The second kappa shape index (κ2) is 5.52. The van der Waals surface area contributed by atoms with E-state index in [1.54, 1.807) is 18.2 Å². The molecule has 0 aromatic heterocycles. The molecule has 0 saturated carbocycles. The van der Waals surface area contributed by atoms with Gasteiger partial charge in [-0.3, -0.25) is 9.00 Å². The molecule has 1 aromatic carbocycles. The average molecular weight is 268 g/mol. The molecule has 4 nitrogen and oxygen atoms in total. The lowest BCUT2D eigenvalue weighted by Gasteiger charge is -2.08. The van der Waals surface area contributed by atoms with Crippen molar-refractivity contribution in [3.8, 4) is 11.5 Å². The number of hydrogen-bond acceptors (Lipinski definition) is 4. The van der Waals surface area contributed by atoms with Gasteiger partial charge < -0.3 is 9.47 Å². The van der Waals surface area contributed by atoms with Crippen molar-refractivity contribution < 1.29 is 18.5 Å². The van der Waals surface area contributed by atoms with E-state index in [1.165, 1.54) is 0 Å². The van der Waals surface area contributed by atoms with Crippen molar-refractivity contribution in [3.63, 3.8) is 0 Å². The molecular formula is C13H16O4S. The van der Waals surface area contributed by atoms with E-state index in [1.807, 2.05) is 13.8 Å². The monoisotopic (exact) mass is 268 g/mol. The van der Waals surface area contributed by atoms with Gasteiger partial charge in [0.1, 0.15) is 0 Å². The van der Waals surface area contributed by atoms with E-state index >= 15 is 0 Å².